The maximum absolute atomic E-state index is 11.8. The Morgan fingerprint density at radius 2 is 2.38 bits per heavy atom. The van der Waals surface area contributed by atoms with Crippen molar-refractivity contribution in [2.75, 3.05) is 0 Å². The van der Waals surface area contributed by atoms with Gasteiger partial charge in [-0.05, 0) is 20.3 Å². The zero-order valence-electron chi connectivity index (χ0n) is 9.99. The van der Waals surface area contributed by atoms with Crippen molar-refractivity contribution < 1.29 is 4.79 Å². The van der Waals surface area contributed by atoms with E-state index in [1.54, 1.807) is 6.20 Å². The Kier molecular flexibility index (Phi) is 4.44. The van der Waals surface area contributed by atoms with Crippen LogP contribution in [0.4, 0.5) is 0 Å². The van der Waals surface area contributed by atoms with E-state index in [0.29, 0.717) is 6.42 Å². The maximum atomic E-state index is 11.8. The topological polar surface area (TPSA) is 68.0 Å². The summed E-state index contributed by atoms with van der Waals surface area (Å²) in [5.74, 6) is -0.109. The number of nitrogens with one attached hydrogen (secondary N) is 1. The highest BCUT2D eigenvalue weighted by Crippen LogP contribution is 2.21. The lowest BCUT2D eigenvalue weighted by molar-refractivity contribution is -0.124. The number of amides is 1. The second kappa shape index (κ2) is 5.41. The average Bonchev–Trinajstić information content (AvgIpc) is 2.70. The van der Waals surface area contributed by atoms with Gasteiger partial charge in [-0.3, -0.25) is 4.79 Å². The van der Waals surface area contributed by atoms with Crippen LogP contribution >= 0.6 is 11.3 Å². The van der Waals surface area contributed by atoms with Crippen molar-refractivity contribution in [1.82, 2.24) is 10.3 Å². The second-order valence-corrected chi connectivity index (χ2v) is 5.24. The van der Waals surface area contributed by atoms with Gasteiger partial charge in [0.25, 0.3) is 0 Å². The molecule has 16 heavy (non-hydrogen) atoms. The quantitative estimate of drug-likeness (QED) is 0.823. The molecule has 0 aliphatic carbocycles. The predicted molar refractivity (Wildman–Crippen MR) is 66.2 cm³/mol. The number of nitrogens with zero attached hydrogens (tertiary/aromatic N) is 1. The van der Waals surface area contributed by atoms with E-state index in [0.717, 1.165) is 11.4 Å². The predicted octanol–water partition coefficient (Wildman–Crippen LogP) is 1.62. The minimum atomic E-state index is -0.448. The van der Waals surface area contributed by atoms with Gasteiger partial charge in [-0.2, -0.15) is 0 Å². The van der Waals surface area contributed by atoms with Crippen molar-refractivity contribution in [3.63, 3.8) is 0 Å². The molecule has 1 heterocycles. The van der Waals surface area contributed by atoms with E-state index in [1.165, 1.54) is 11.3 Å². The summed E-state index contributed by atoms with van der Waals surface area (Å²) in [4.78, 5) is 16.0. The van der Waals surface area contributed by atoms with Gasteiger partial charge in [0.05, 0.1) is 11.6 Å². The van der Waals surface area contributed by atoms with Crippen LogP contribution in [0.1, 0.15) is 38.6 Å². The molecule has 1 aromatic heterocycles. The normalized spacial score (nSPS) is 13.5. The Morgan fingerprint density at radius 1 is 1.69 bits per heavy atom. The molecule has 90 valence electrons. The third-order valence-corrected chi connectivity index (χ3v) is 3.44. The summed E-state index contributed by atoms with van der Waals surface area (Å²) in [6.45, 7) is 5.88. The van der Waals surface area contributed by atoms with E-state index in [2.05, 4.69) is 10.3 Å². The minimum Gasteiger partial charge on any atom is -0.343 e. The zero-order valence-corrected chi connectivity index (χ0v) is 10.8. The second-order valence-electron chi connectivity index (χ2n) is 4.35. The first kappa shape index (κ1) is 13.1. The van der Waals surface area contributed by atoms with E-state index < -0.39 is 11.6 Å². The summed E-state index contributed by atoms with van der Waals surface area (Å²) >= 11 is 1.53. The van der Waals surface area contributed by atoms with Gasteiger partial charge in [0.15, 0.2) is 0 Å². The van der Waals surface area contributed by atoms with Crippen LogP contribution in [0.3, 0.4) is 0 Å². The van der Waals surface area contributed by atoms with E-state index in [4.69, 9.17) is 5.73 Å². The molecule has 0 fully saturated rings. The molecular weight excluding hydrogens is 222 g/mol. The molecule has 1 atom stereocenters. The van der Waals surface area contributed by atoms with Crippen LogP contribution in [0, 0.1) is 0 Å². The Bertz CT molecular complexity index is 335. The lowest BCUT2D eigenvalue weighted by Gasteiger charge is -2.25. The zero-order chi connectivity index (χ0) is 12.2. The maximum Gasteiger partial charge on any atom is 0.237 e. The van der Waals surface area contributed by atoms with Gasteiger partial charge >= 0.3 is 0 Å². The number of hydrogen-bond donors (Lipinski definition) is 2. The molecule has 0 spiro atoms. The summed E-state index contributed by atoms with van der Waals surface area (Å²) in [5, 5.41) is 5.72. The fourth-order valence-corrected chi connectivity index (χ4v) is 2.15. The molecule has 4 nitrogen and oxygen atoms in total. The number of aromatic nitrogens is 1. The molecule has 0 radical (unpaired) electrons. The molecule has 0 bridgehead atoms. The average molecular weight is 241 g/mol. The van der Waals surface area contributed by atoms with Crippen LogP contribution in [0.15, 0.2) is 11.6 Å². The lowest BCUT2D eigenvalue weighted by atomic mass is 10.1. The van der Waals surface area contributed by atoms with Crippen molar-refractivity contribution in [2.24, 2.45) is 5.73 Å². The molecule has 0 aliphatic rings. The van der Waals surface area contributed by atoms with Gasteiger partial charge in [0.2, 0.25) is 5.91 Å². The molecule has 1 aromatic rings. The molecule has 3 N–H and O–H groups in total. The molecule has 0 aromatic carbocycles. The summed E-state index contributed by atoms with van der Waals surface area (Å²) in [7, 11) is 0. The van der Waals surface area contributed by atoms with Gasteiger partial charge in [0.1, 0.15) is 5.01 Å². The summed E-state index contributed by atoms with van der Waals surface area (Å²) in [6, 6.07) is -0.427. The van der Waals surface area contributed by atoms with Crippen LogP contribution in [-0.2, 0) is 10.3 Å². The van der Waals surface area contributed by atoms with Crippen molar-refractivity contribution >= 4 is 17.2 Å². The number of carbonyl (C=O) groups excluding carboxylic acids is 1. The number of nitrogens with two attached hydrogens (primary N) is 1. The number of thiazole rings is 1. The van der Waals surface area contributed by atoms with Crippen LogP contribution in [0.2, 0.25) is 0 Å². The van der Waals surface area contributed by atoms with Crippen LogP contribution < -0.4 is 11.1 Å². The lowest BCUT2D eigenvalue weighted by Crippen LogP contribution is -2.48. The van der Waals surface area contributed by atoms with Gasteiger partial charge in [-0.1, -0.05) is 13.3 Å². The van der Waals surface area contributed by atoms with Gasteiger partial charge in [-0.25, -0.2) is 4.98 Å². The highest BCUT2D eigenvalue weighted by atomic mass is 32.1. The van der Waals surface area contributed by atoms with Gasteiger partial charge < -0.3 is 11.1 Å². The molecular formula is C11H19N3OS. The third kappa shape index (κ3) is 3.28. The van der Waals surface area contributed by atoms with E-state index in [1.807, 2.05) is 26.2 Å². The smallest absolute Gasteiger partial charge is 0.237 e. The summed E-state index contributed by atoms with van der Waals surface area (Å²) < 4.78 is 0. The Balaban J connectivity index is 2.63. The monoisotopic (exact) mass is 241 g/mol. The molecule has 0 saturated carbocycles. The highest BCUT2D eigenvalue weighted by molar-refractivity contribution is 7.09. The van der Waals surface area contributed by atoms with Gasteiger partial charge in [0, 0.05) is 11.6 Å². The first-order valence-electron chi connectivity index (χ1n) is 5.45. The third-order valence-electron chi connectivity index (χ3n) is 2.34. The van der Waals surface area contributed by atoms with E-state index in [9.17, 15) is 4.79 Å². The van der Waals surface area contributed by atoms with Crippen molar-refractivity contribution in [3.05, 3.63) is 16.6 Å². The fraction of sp³-hybridized carbons (Fsp3) is 0.636. The Morgan fingerprint density at radius 3 is 2.88 bits per heavy atom. The van der Waals surface area contributed by atoms with Crippen LogP contribution in [0.25, 0.3) is 0 Å². The Labute approximate surface area is 100 Å². The summed E-state index contributed by atoms with van der Waals surface area (Å²) in [6.07, 6.45) is 3.35. The fourth-order valence-electron chi connectivity index (χ4n) is 1.43. The minimum absolute atomic E-state index is 0.109. The molecule has 0 aliphatic heterocycles. The first-order chi connectivity index (χ1) is 7.47. The number of carbonyl (C=O) groups is 1. The summed E-state index contributed by atoms with van der Waals surface area (Å²) in [5.41, 5.74) is 5.31. The van der Waals surface area contributed by atoms with Crippen molar-refractivity contribution in [2.45, 2.75) is 45.2 Å². The molecule has 5 heteroatoms. The van der Waals surface area contributed by atoms with Gasteiger partial charge in [-0.15, -0.1) is 11.3 Å². The van der Waals surface area contributed by atoms with Crippen molar-refractivity contribution in [1.29, 1.82) is 0 Å². The Hall–Kier alpha value is -0.940. The number of hydrogen-bond acceptors (Lipinski definition) is 4. The first-order valence-corrected chi connectivity index (χ1v) is 6.33. The molecule has 1 unspecified atom stereocenters. The molecule has 0 saturated heterocycles. The highest BCUT2D eigenvalue weighted by Gasteiger charge is 2.27. The van der Waals surface area contributed by atoms with E-state index in [-0.39, 0.29) is 5.91 Å². The van der Waals surface area contributed by atoms with Crippen LogP contribution in [0.5, 0.6) is 0 Å². The SMILES string of the molecule is CCCC(N)C(=O)NC(C)(C)c1nccs1. The molecule has 1 rings (SSSR count). The van der Waals surface area contributed by atoms with Crippen molar-refractivity contribution in [3.8, 4) is 0 Å². The molecule has 1 amide bonds. The number of rotatable bonds is 5. The largest absolute Gasteiger partial charge is 0.343 e. The van der Waals surface area contributed by atoms with E-state index >= 15 is 0 Å². The van der Waals surface area contributed by atoms with Crippen LogP contribution in [-0.4, -0.2) is 16.9 Å². The standard InChI is InChI=1S/C11H19N3OS/c1-4-5-8(12)9(15)14-11(2,3)10-13-6-7-16-10/h6-8H,4-5,12H2,1-3H3,(H,14,15).